The lowest BCUT2D eigenvalue weighted by molar-refractivity contribution is 0.306. The van der Waals surface area contributed by atoms with Crippen molar-refractivity contribution in [3.63, 3.8) is 0 Å². The molecule has 0 atom stereocenters. The van der Waals surface area contributed by atoms with E-state index in [2.05, 4.69) is 48.1 Å². The van der Waals surface area contributed by atoms with Crippen molar-refractivity contribution in [3.05, 3.63) is 77.6 Å². The molecule has 0 fully saturated rings. The van der Waals surface area contributed by atoms with Gasteiger partial charge < -0.3 is 4.74 Å². The zero-order valence-electron chi connectivity index (χ0n) is 15.6. The number of aromatic nitrogens is 2. The second kappa shape index (κ2) is 9.14. The lowest BCUT2D eigenvalue weighted by Crippen LogP contribution is -1.96. The normalized spacial score (nSPS) is 10.7. The second-order valence-corrected chi connectivity index (χ2v) is 6.67. The largest absolute Gasteiger partial charge is 0.489 e. The number of hydrogen-bond donors (Lipinski definition) is 0. The van der Waals surface area contributed by atoms with Crippen molar-refractivity contribution in [1.29, 1.82) is 0 Å². The van der Waals surface area contributed by atoms with Crippen LogP contribution < -0.4 is 4.74 Å². The summed E-state index contributed by atoms with van der Waals surface area (Å²) < 4.78 is 5.86. The minimum Gasteiger partial charge on any atom is -0.489 e. The Morgan fingerprint density at radius 1 is 0.808 bits per heavy atom. The van der Waals surface area contributed by atoms with E-state index < -0.39 is 0 Å². The Balaban J connectivity index is 1.57. The Morgan fingerprint density at radius 3 is 2.15 bits per heavy atom. The minimum absolute atomic E-state index is 0.572. The number of rotatable bonds is 8. The third kappa shape index (κ3) is 5.16. The van der Waals surface area contributed by atoms with Gasteiger partial charge in [0, 0.05) is 18.0 Å². The van der Waals surface area contributed by atoms with E-state index in [1.807, 2.05) is 36.7 Å². The fourth-order valence-corrected chi connectivity index (χ4v) is 2.76. The molecule has 0 saturated heterocycles. The SMILES string of the molecule is CCCCCc1cnc(-c2ccc(OCc3ccc(C)cc3)cc2)nc1. The molecule has 3 nitrogen and oxygen atoms in total. The van der Waals surface area contributed by atoms with Crippen LogP contribution in [0.4, 0.5) is 0 Å². The molecule has 0 aliphatic rings. The van der Waals surface area contributed by atoms with Crippen LogP contribution in [0.1, 0.15) is 42.9 Å². The smallest absolute Gasteiger partial charge is 0.159 e. The van der Waals surface area contributed by atoms with Gasteiger partial charge >= 0.3 is 0 Å². The minimum atomic E-state index is 0.572. The number of unbranched alkanes of at least 4 members (excludes halogenated alkanes) is 2. The highest BCUT2D eigenvalue weighted by molar-refractivity contribution is 5.55. The van der Waals surface area contributed by atoms with Crippen LogP contribution in [0.2, 0.25) is 0 Å². The Labute approximate surface area is 156 Å². The average molecular weight is 346 g/mol. The Hall–Kier alpha value is -2.68. The number of hydrogen-bond acceptors (Lipinski definition) is 3. The van der Waals surface area contributed by atoms with Crippen molar-refractivity contribution in [2.45, 2.75) is 46.1 Å². The molecule has 0 bridgehead atoms. The zero-order valence-corrected chi connectivity index (χ0v) is 15.6. The van der Waals surface area contributed by atoms with Crippen LogP contribution in [0.3, 0.4) is 0 Å². The molecule has 1 aromatic heterocycles. The maximum absolute atomic E-state index is 5.86. The molecule has 0 amide bonds. The third-order valence-corrected chi connectivity index (χ3v) is 4.41. The van der Waals surface area contributed by atoms with Crippen LogP contribution >= 0.6 is 0 Å². The summed E-state index contributed by atoms with van der Waals surface area (Å²) in [4.78, 5) is 9.01. The van der Waals surface area contributed by atoms with Crippen molar-refractivity contribution >= 4 is 0 Å². The fraction of sp³-hybridized carbons (Fsp3) is 0.304. The number of aryl methyl sites for hydroxylation is 2. The topological polar surface area (TPSA) is 35.0 Å². The van der Waals surface area contributed by atoms with Crippen LogP contribution in [0.5, 0.6) is 5.75 Å². The Bertz CT molecular complexity index is 793. The summed E-state index contributed by atoms with van der Waals surface area (Å²) in [6, 6.07) is 16.4. The molecule has 3 rings (SSSR count). The highest BCUT2D eigenvalue weighted by atomic mass is 16.5. The summed E-state index contributed by atoms with van der Waals surface area (Å²) in [6.45, 7) is 4.87. The van der Waals surface area contributed by atoms with E-state index in [9.17, 15) is 0 Å². The highest BCUT2D eigenvalue weighted by Gasteiger charge is 2.03. The highest BCUT2D eigenvalue weighted by Crippen LogP contribution is 2.20. The van der Waals surface area contributed by atoms with E-state index in [1.54, 1.807) is 0 Å². The molecule has 0 unspecified atom stereocenters. The van der Waals surface area contributed by atoms with Gasteiger partial charge in [0.05, 0.1) is 0 Å². The predicted octanol–water partition coefficient (Wildman–Crippen LogP) is 5.76. The molecule has 3 aromatic rings. The van der Waals surface area contributed by atoms with Crippen LogP contribution in [0, 0.1) is 6.92 Å². The first-order chi connectivity index (χ1) is 12.7. The molecule has 3 heteroatoms. The quantitative estimate of drug-likeness (QED) is 0.486. The van der Waals surface area contributed by atoms with E-state index in [0.717, 1.165) is 23.6 Å². The molecule has 0 spiro atoms. The fourth-order valence-electron chi connectivity index (χ4n) is 2.76. The first kappa shape index (κ1) is 18.1. The molecule has 0 aliphatic heterocycles. The van der Waals surface area contributed by atoms with E-state index in [-0.39, 0.29) is 0 Å². The van der Waals surface area contributed by atoms with Gasteiger partial charge in [0.25, 0.3) is 0 Å². The molecule has 0 N–H and O–H groups in total. The van der Waals surface area contributed by atoms with Gasteiger partial charge in [-0.3, -0.25) is 0 Å². The van der Waals surface area contributed by atoms with Crippen LogP contribution in [-0.2, 0) is 13.0 Å². The van der Waals surface area contributed by atoms with Crippen molar-refractivity contribution < 1.29 is 4.74 Å². The summed E-state index contributed by atoms with van der Waals surface area (Å²) in [5.74, 6) is 1.61. The average Bonchev–Trinajstić information content (AvgIpc) is 2.69. The predicted molar refractivity (Wildman–Crippen MR) is 106 cm³/mol. The maximum Gasteiger partial charge on any atom is 0.159 e. The van der Waals surface area contributed by atoms with E-state index in [1.165, 1.54) is 36.0 Å². The maximum atomic E-state index is 5.86. The summed E-state index contributed by atoms with van der Waals surface area (Å²) in [6.07, 6.45) is 8.63. The lowest BCUT2D eigenvalue weighted by atomic mass is 10.1. The summed E-state index contributed by atoms with van der Waals surface area (Å²) >= 11 is 0. The summed E-state index contributed by atoms with van der Waals surface area (Å²) in [5, 5.41) is 0. The lowest BCUT2D eigenvalue weighted by Gasteiger charge is -2.08. The molecule has 0 radical (unpaired) electrons. The van der Waals surface area contributed by atoms with Crippen molar-refractivity contribution in [3.8, 4) is 17.1 Å². The number of nitrogens with zero attached hydrogens (tertiary/aromatic N) is 2. The second-order valence-electron chi connectivity index (χ2n) is 6.67. The molecular weight excluding hydrogens is 320 g/mol. The van der Waals surface area contributed by atoms with Gasteiger partial charge in [0.2, 0.25) is 0 Å². The van der Waals surface area contributed by atoms with Crippen LogP contribution in [0.15, 0.2) is 60.9 Å². The molecule has 1 heterocycles. The van der Waals surface area contributed by atoms with Gasteiger partial charge in [-0.15, -0.1) is 0 Å². The van der Waals surface area contributed by atoms with E-state index >= 15 is 0 Å². The standard InChI is InChI=1S/C23H26N2O/c1-3-4-5-6-20-15-24-23(25-16-20)21-11-13-22(14-12-21)26-17-19-9-7-18(2)8-10-19/h7-16H,3-6,17H2,1-2H3. The number of ether oxygens (including phenoxy) is 1. The van der Waals surface area contributed by atoms with Gasteiger partial charge in [-0.1, -0.05) is 49.6 Å². The van der Waals surface area contributed by atoms with E-state index in [0.29, 0.717) is 6.61 Å². The molecule has 2 aromatic carbocycles. The van der Waals surface area contributed by atoms with Gasteiger partial charge in [0.15, 0.2) is 5.82 Å². The van der Waals surface area contributed by atoms with E-state index in [4.69, 9.17) is 4.74 Å². The van der Waals surface area contributed by atoms with Gasteiger partial charge in [-0.25, -0.2) is 9.97 Å². The first-order valence-corrected chi connectivity index (χ1v) is 9.34. The zero-order chi connectivity index (χ0) is 18.2. The van der Waals surface area contributed by atoms with Gasteiger partial charge in [-0.05, 0) is 55.2 Å². The van der Waals surface area contributed by atoms with Gasteiger partial charge in [-0.2, -0.15) is 0 Å². The molecule has 0 saturated carbocycles. The van der Waals surface area contributed by atoms with Gasteiger partial charge in [0.1, 0.15) is 12.4 Å². The molecular formula is C23H26N2O. The molecule has 134 valence electrons. The summed E-state index contributed by atoms with van der Waals surface area (Å²) in [5.41, 5.74) is 4.64. The molecule has 26 heavy (non-hydrogen) atoms. The Morgan fingerprint density at radius 2 is 1.50 bits per heavy atom. The third-order valence-electron chi connectivity index (χ3n) is 4.41. The van der Waals surface area contributed by atoms with Crippen LogP contribution in [0.25, 0.3) is 11.4 Å². The first-order valence-electron chi connectivity index (χ1n) is 9.34. The summed E-state index contributed by atoms with van der Waals surface area (Å²) in [7, 11) is 0. The van der Waals surface area contributed by atoms with Crippen molar-refractivity contribution in [1.82, 2.24) is 9.97 Å². The Kier molecular flexibility index (Phi) is 6.37. The monoisotopic (exact) mass is 346 g/mol. The molecule has 0 aliphatic carbocycles. The number of benzene rings is 2. The van der Waals surface area contributed by atoms with Crippen molar-refractivity contribution in [2.75, 3.05) is 0 Å². The van der Waals surface area contributed by atoms with Crippen molar-refractivity contribution in [2.24, 2.45) is 0 Å². The van der Waals surface area contributed by atoms with Crippen LogP contribution in [-0.4, -0.2) is 9.97 Å².